The quantitative estimate of drug-likeness (QED) is 0.568. The van der Waals surface area contributed by atoms with Gasteiger partial charge >= 0.3 is 0 Å². The smallest absolute Gasteiger partial charge is 0.261 e. The maximum absolute atomic E-state index is 12.7. The van der Waals surface area contributed by atoms with Gasteiger partial charge in [0.15, 0.2) is 0 Å². The van der Waals surface area contributed by atoms with E-state index in [0.717, 1.165) is 24.8 Å². The van der Waals surface area contributed by atoms with E-state index in [1.807, 2.05) is 37.3 Å². The summed E-state index contributed by atoms with van der Waals surface area (Å²) in [5.74, 6) is -0.197. The first-order chi connectivity index (χ1) is 14.9. The normalized spacial score (nSPS) is 15.0. The summed E-state index contributed by atoms with van der Waals surface area (Å²) in [7, 11) is -3.72. The van der Waals surface area contributed by atoms with Crippen molar-refractivity contribution in [2.45, 2.75) is 36.5 Å². The number of carbonyl (C=O) groups is 1. The summed E-state index contributed by atoms with van der Waals surface area (Å²) < 4.78 is 27.8. The molecule has 1 fully saturated rings. The van der Waals surface area contributed by atoms with Crippen LogP contribution < -0.4 is 10.0 Å². The maximum atomic E-state index is 12.7. The third-order valence-electron chi connectivity index (χ3n) is 6.01. The minimum absolute atomic E-state index is 0.00183. The second-order valence-electron chi connectivity index (χ2n) is 8.18. The largest absolute Gasteiger partial charge is 0.351 e. The van der Waals surface area contributed by atoms with Gasteiger partial charge in [-0.15, -0.1) is 0 Å². The summed E-state index contributed by atoms with van der Waals surface area (Å²) in [5.41, 5.74) is 3.24. The molecule has 1 aliphatic rings. The van der Waals surface area contributed by atoms with E-state index in [9.17, 15) is 13.2 Å². The lowest BCUT2D eigenvalue weighted by molar-refractivity contribution is 0.0927. The molecule has 31 heavy (non-hydrogen) atoms. The summed E-state index contributed by atoms with van der Waals surface area (Å²) in [6.45, 7) is 2.51. The fourth-order valence-corrected chi connectivity index (χ4v) is 4.99. The van der Waals surface area contributed by atoms with Crippen LogP contribution in [0.1, 0.15) is 40.7 Å². The van der Waals surface area contributed by atoms with Crippen molar-refractivity contribution in [2.75, 3.05) is 11.3 Å². The number of hydrogen-bond donors (Lipinski definition) is 2. The molecule has 2 N–H and O–H groups in total. The maximum Gasteiger partial charge on any atom is 0.261 e. The lowest BCUT2D eigenvalue weighted by atomic mass is 9.64. The molecule has 0 atom stereocenters. The van der Waals surface area contributed by atoms with Crippen LogP contribution in [0.25, 0.3) is 0 Å². The topological polar surface area (TPSA) is 75.3 Å². The molecule has 0 aromatic heterocycles. The molecule has 0 radical (unpaired) electrons. The Hall–Kier alpha value is -3.12. The monoisotopic (exact) mass is 434 g/mol. The van der Waals surface area contributed by atoms with E-state index in [-0.39, 0.29) is 16.2 Å². The molecule has 0 saturated heterocycles. The molecule has 5 nitrogen and oxygen atoms in total. The molecule has 1 amide bonds. The van der Waals surface area contributed by atoms with E-state index in [1.165, 1.54) is 17.7 Å². The van der Waals surface area contributed by atoms with E-state index in [0.29, 0.717) is 17.8 Å². The van der Waals surface area contributed by atoms with Gasteiger partial charge in [0.1, 0.15) is 0 Å². The summed E-state index contributed by atoms with van der Waals surface area (Å²) in [4.78, 5) is 12.8. The second-order valence-corrected chi connectivity index (χ2v) is 9.86. The highest BCUT2D eigenvalue weighted by Crippen LogP contribution is 2.43. The first kappa shape index (κ1) is 21.1. The molecule has 3 aromatic rings. The van der Waals surface area contributed by atoms with Gasteiger partial charge in [0.05, 0.1) is 4.90 Å². The highest BCUT2D eigenvalue weighted by molar-refractivity contribution is 7.92. The van der Waals surface area contributed by atoms with E-state index < -0.39 is 10.0 Å². The number of anilines is 1. The minimum atomic E-state index is -3.72. The van der Waals surface area contributed by atoms with Crippen LogP contribution in [0.5, 0.6) is 0 Å². The van der Waals surface area contributed by atoms with E-state index in [1.54, 1.807) is 24.3 Å². The van der Waals surface area contributed by atoms with Crippen molar-refractivity contribution in [1.82, 2.24) is 5.32 Å². The van der Waals surface area contributed by atoms with E-state index in [4.69, 9.17) is 0 Å². The van der Waals surface area contributed by atoms with Crippen LogP contribution >= 0.6 is 0 Å². The Kier molecular flexibility index (Phi) is 5.83. The Morgan fingerprint density at radius 1 is 0.903 bits per heavy atom. The molecule has 4 rings (SSSR count). The van der Waals surface area contributed by atoms with Crippen molar-refractivity contribution >= 4 is 21.6 Å². The molecule has 0 aliphatic heterocycles. The molecule has 0 bridgehead atoms. The molecule has 0 unspecified atom stereocenters. The van der Waals surface area contributed by atoms with Crippen LogP contribution in [-0.4, -0.2) is 20.9 Å². The molecule has 160 valence electrons. The highest BCUT2D eigenvalue weighted by atomic mass is 32.2. The zero-order valence-electron chi connectivity index (χ0n) is 17.5. The second kappa shape index (κ2) is 8.55. The van der Waals surface area contributed by atoms with E-state index in [2.05, 4.69) is 22.2 Å². The third kappa shape index (κ3) is 4.64. The predicted octanol–water partition coefficient (Wildman–Crippen LogP) is 4.65. The van der Waals surface area contributed by atoms with Gasteiger partial charge in [0.25, 0.3) is 15.9 Å². The lowest BCUT2D eigenvalue weighted by Gasteiger charge is -2.42. The Morgan fingerprint density at radius 3 is 2.13 bits per heavy atom. The Balaban J connectivity index is 1.41. The SMILES string of the molecule is Cc1ccc(NS(=O)(=O)c2ccc(C(=O)NCC3(c4ccccc4)CCC3)cc2)cc1. The standard InChI is InChI=1S/C25H26N2O3S/c1-19-8-12-22(13-9-19)27-31(29,30)23-14-10-20(11-15-23)24(28)26-18-25(16-5-17-25)21-6-3-2-4-7-21/h2-4,6-15,27H,5,16-18H2,1H3,(H,26,28). The van der Waals surface area contributed by atoms with E-state index >= 15 is 0 Å². The van der Waals surface area contributed by atoms with Gasteiger partial charge in [-0.3, -0.25) is 9.52 Å². The Morgan fingerprint density at radius 2 is 1.55 bits per heavy atom. The van der Waals surface area contributed by atoms with Gasteiger partial charge in [-0.2, -0.15) is 0 Å². The van der Waals surface area contributed by atoms with Crippen molar-refractivity contribution in [3.63, 3.8) is 0 Å². The first-order valence-electron chi connectivity index (χ1n) is 10.4. The zero-order valence-corrected chi connectivity index (χ0v) is 18.3. The van der Waals surface area contributed by atoms with Crippen molar-refractivity contribution in [3.8, 4) is 0 Å². The van der Waals surface area contributed by atoms with Crippen LogP contribution in [-0.2, 0) is 15.4 Å². The summed E-state index contributed by atoms with van der Waals surface area (Å²) in [6.07, 6.45) is 3.27. The van der Waals surface area contributed by atoms with Crippen molar-refractivity contribution in [2.24, 2.45) is 0 Å². The highest BCUT2D eigenvalue weighted by Gasteiger charge is 2.38. The van der Waals surface area contributed by atoms with Crippen molar-refractivity contribution < 1.29 is 13.2 Å². The van der Waals surface area contributed by atoms with Crippen molar-refractivity contribution in [3.05, 3.63) is 95.6 Å². The summed E-state index contributed by atoms with van der Waals surface area (Å²) in [5, 5.41) is 3.04. The van der Waals surface area contributed by atoms with Crippen LogP contribution in [0.15, 0.2) is 83.8 Å². The third-order valence-corrected chi connectivity index (χ3v) is 7.41. The molecule has 1 aliphatic carbocycles. The minimum Gasteiger partial charge on any atom is -0.351 e. The molecular formula is C25H26N2O3S. The predicted molar refractivity (Wildman–Crippen MR) is 123 cm³/mol. The molecule has 1 saturated carbocycles. The fourth-order valence-electron chi connectivity index (χ4n) is 3.94. The van der Waals surface area contributed by atoms with Gasteiger partial charge in [-0.1, -0.05) is 54.4 Å². The number of aryl methyl sites for hydroxylation is 1. The summed E-state index contributed by atoms with van der Waals surface area (Å²) in [6, 6.07) is 23.4. The van der Waals surface area contributed by atoms with Crippen molar-refractivity contribution in [1.29, 1.82) is 0 Å². The molecule has 0 heterocycles. The number of benzene rings is 3. The number of carbonyl (C=O) groups excluding carboxylic acids is 1. The van der Waals surface area contributed by atoms with Crippen LogP contribution in [0, 0.1) is 6.92 Å². The summed E-state index contributed by atoms with van der Waals surface area (Å²) >= 11 is 0. The zero-order chi connectivity index (χ0) is 21.9. The number of nitrogens with one attached hydrogen (secondary N) is 2. The van der Waals surface area contributed by atoms with Gasteiger partial charge in [0.2, 0.25) is 0 Å². The van der Waals surface area contributed by atoms with Crippen LogP contribution in [0.3, 0.4) is 0 Å². The average molecular weight is 435 g/mol. The molecular weight excluding hydrogens is 408 g/mol. The number of amides is 1. The van der Waals surface area contributed by atoms with Gasteiger partial charge in [-0.25, -0.2) is 8.42 Å². The van der Waals surface area contributed by atoms with Crippen LogP contribution in [0.4, 0.5) is 5.69 Å². The Labute approximate surface area is 183 Å². The molecule has 6 heteroatoms. The molecule has 3 aromatic carbocycles. The molecule has 0 spiro atoms. The number of rotatable bonds is 7. The van der Waals surface area contributed by atoms with Gasteiger partial charge < -0.3 is 5.32 Å². The Bertz CT molecular complexity index is 1150. The average Bonchev–Trinajstić information content (AvgIpc) is 2.75. The first-order valence-corrected chi connectivity index (χ1v) is 11.9. The van der Waals surface area contributed by atoms with Crippen LogP contribution in [0.2, 0.25) is 0 Å². The fraction of sp³-hybridized carbons (Fsp3) is 0.240. The lowest BCUT2D eigenvalue weighted by Crippen LogP contribution is -2.45. The van der Waals surface area contributed by atoms with Gasteiger partial charge in [-0.05, 0) is 61.7 Å². The number of hydrogen-bond acceptors (Lipinski definition) is 3. The van der Waals surface area contributed by atoms with Gasteiger partial charge in [0, 0.05) is 23.2 Å². The number of sulfonamides is 1.